The molecule has 5 rings (SSSR count). The van der Waals surface area contributed by atoms with Crippen LogP contribution >= 0.6 is 0 Å². The summed E-state index contributed by atoms with van der Waals surface area (Å²) in [5, 5.41) is 0. The highest BCUT2D eigenvalue weighted by atomic mass is 16.6. The summed E-state index contributed by atoms with van der Waals surface area (Å²) >= 11 is 0. The molecule has 0 bridgehead atoms. The summed E-state index contributed by atoms with van der Waals surface area (Å²) in [5.74, 6) is 0.775. The zero-order valence-corrected chi connectivity index (χ0v) is 26.9. The van der Waals surface area contributed by atoms with Gasteiger partial charge in [-0.2, -0.15) is 0 Å². The second-order valence-electron chi connectivity index (χ2n) is 13.5. The Hall–Kier alpha value is -3.03. The molecule has 44 heavy (non-hydrogen) atoms. The highest BCUT2D eigenvalue weighted by molar-refractivity contribution is 5.81. The molecule has 0 aromatic heterocycles. The normalized spacial score (nSPS) is 23.5. The van der Waals surface area contributed by atoms with Gasteiger partial charge in [0.05, 0.1) is 25.9 Å². The molecule has 0 radical (unpaired) electrons. The van der Waals surface area contributed by atoms with Gasteiger partial charge < -0.3 is 19.1 Å². The lowest BCUT2D eigenvalue weighted by molar-refractivity contribution is -0.202. The Kier molecular flexibility index (Phi) is 11.3. The maximum Gasteiger partial charge on any atom is 0.227 e. The van der Waals surface area contributed by atoms with Crippen molar-refractivity contribution in [2.45, 2.75) is 84.7 Å². The van der Waals surface area contributed by atoms with E-state index in [1.807, 2.05) is 39.0 Å². The lowest BCUT2D eigenvalue weighted by Gasteiger charge is -2.49. The van der Waals surface area contributed by atoms with Crippen molar-refractivity contribution in [2.75, 3.05) is 26.2 Å². The van der Waals surface area contributed by atoms with Crippen LogP contribution in [-0.4, -0.2) is 66.2 Å². The first-order valence-electron chi connectivity index (χ1n) is 16.3. The van der Waals surface area contributed by atoms with Crippen molar-refractivity contribution in [1.82, 2.24) is 9.80 Å². The number of likely N-dealkylation sites (tertiary alicyclic amines) is 2. The topological polar surface area (TPSA) is 51.2 Å². The van der Waals surface area contributed by atoms with Gasteiger partial charge in [0.2, 0.25) is 5.91 Å². The number of benzene rings is 3. The number of carbonyl (C=O) groups is 1. The van der Waals surface area contributed by atoms with Crippen LogP contribution in [0.5, 0.6) is 0 Å². The summed E-state index contributed by atoms with van der Waals surface area (Å²) < 4.78 is 20.2. The Balaban J connectivity index is 1.33. The van der Waals surface area contributed by atoms with Crippen molar-refractivity contribution >= 4 is 5.91 Å². The highest BCUT2D eigenvalue weighted by Crippen LogP contribution is 2.31. The molecule has 1 amide bonds. The molecule has 6 nitrogen and oxygen atoms in total. The average Bonchev–Trinajstić information content (AvgIpc) is 3.04. The van der Waals surface area contributed by atoms with Gasteiger partial charge in [-0.25, -0.2) is 0 Å². The molecule has 236 valence electrons. The van der Waals surface area contributed by atoms with Crippen LogP contribution in [0, 0.1) is 11.3 Å². The third-order valence-corrected chi connectivity index (χ3v) is 9.07. The van der Waals surface area contributed by atoms with Gasteiger partial charge in [-0.05, 0) is 42.4 Å². The molecule has 0 spiro atoms. The fourth-order valence-electron chi connectivity index (χ4n) is 6.46. The van der Waals surface area contributed by atoms with Gasteiger partial charge in [-0.1, -0.05) is 112 Å². The summed E-state index contributed by atoms with van der Waals surface area (Å²) in [7, 11) is 0. The second-order valence-corrected chi connectivity index (χ2v) is 13.5. The fraction of sp³-hybridized carbons (Fsp3) is 0.500. The molecule has 2 aliphatic heterocycles. The number of nitrogens with zero attached hydrogens (tertiary/aromatic N) is 2. The van der Waals surface area contributed by atoms with Crippen LogP contribution in [0.1, 0.15) is 57.2 Å². The molecule has 6 heteroatoms. The molecule has 3 aromatic rings. The smallest absolute Gasteiger partial charge is 0.227 e. The number of hydrogen-bond acceptors (Lipinski definition) is 5. The van der Waals surface area contributed by atoms with Crippen molar-refractivity contribution < 1.29 is 19.0 Å². The molecular weight excluding hydrogens is 548 g/mol. The van der Waals surface area contributed by atoms with E-state index in [0.29, 0.717) is 25.7 Å². The largest absolute Gasteiger partial charge is 0.369 e. The maximum absolute atomic E-state index is 12.9. The van der Waals surface area contributed by atoms with Crippen molar-refractivity contribution in [3.8, 4) is 0 Å². The van der Waals surface area contributed by atoms with E-state index in [1.165, 1.54) is 0 Å². The Morgan fingerprint density at radius 1 is 0.705 bits per heavy atom. The van der Waals surface area contributed by atoms with Crippen molar-refractivity contribution in [3.63, 3.8) is 0 Å². The minimum atomic E-state index is -0.338. The van der Waals surface area contributed by atoms with E-state index in [1.54, 1.807) is 0 Å². The number of piperidine rings is 2. The first kappa shape index (κ1) is 32.4. The number of carbonyl (C=O) groups excluding carboxylic acids is 1. The first-order chi connectivity index (χ1) is 21.3. The van der Waals surface area contributed by atoms with E-state index in [4.69, 9.17) is 14.2 Å². The zero-order chi connectivity index (χ0) is 30.9. The third kappa shape index (κ3) is 8.79. The van der Waals surface area contributed by atoms with Crippen LogP contribution in [-0.2, 0) is 38.8 Å². The van der Waals surface area contributed by atoms with Gasteiger partial charge in [0.1, 0.15) is 12.2 Å². The monoisotopic (exact) mass is 598 g/mol. The van der Waals surface area contributed by atoms with Gasteiger partial charge in [0.25, 0.3) is 0 Å². The Morgan fingerprint density at radius 2 is 1.16 bits per heavy atom. The highest BCUT2D eigenvalue weighted by Gasteiger charge is 2.45. The van der Waals surface area contributed by atoms with Gasteiger partial charge >= 0.3 is 0 Å². The van der Waals surface area contributed by atoms with Crippen LogP contribution in [0.3, 0.4) is 0 Å². The van der Waals surface area contributed by atoms with Crippen molar-refractivity contribution in [3.05, 3.63) is 108 Å². The Labute approximate surface area is 264 Å². The molecular formula is C38H50N2O4. The lowest BCUT2D eigenvalue weighted by Crippen LogP contribution is -2.63. The molecule has 0 unspecified atom stereocenters. The van der Waals surface area contributed by atoms with Crippen LogP contribution in [0.15, 0.2) is 91.0 Å². The Morgan fingerprint density at radius 3 is 1.64 bits per heavy atom. The molecule has 0 aliphatic carbocycles. The van der Waals surface area contributed by atoms with Gasteiger partial charge in [-0.15, -0.1) is 0 Å². The molecule has 0 saturated carbocycles. The molecule has 0 N–H and O–H groups in total. The van der Waals surface area contributed by atoms with Gasteiger partial charge in [-0.3, -0.25) is 9.69 Å². The predicted octanol–water partition coefficient (Wildman–Crippen LogP) is 6.73. The van der Waals surface area contributed by atoms with E-state index in [0.717, 1.165) is 55.7 Å². The number of rotatable bonds is 11. The zero-order valence-electron chi connectivity index (χ0n) is 26.9. The fourth-order valence-corrected chi connectivity index (χ4v) is 6.46. The average molecular weight is 599 g/mol. The summed E-state index contributed by atoms with van der Waals surface area (Å²) in [5.41, 5.74) is 3.10. The lowest BCUT2D eigenvalue weighted by atomic mass is 9.88. The predicted molar refractivity (Wildman–Crippen MR) is 175 cm³/mol. The summed E-state index contributed by atoms with van der Waals surface area (Å²) in [4.78, 5) is 17.5. The van der Waals surface area contributed by atoms with Crippen LogP contribution in [0.4, 0.5) is 0 Å². The molecule has 3 aromatic carbocycles. The van der Waals surface area contributed by atoms with Crippen LogP contribution < -0.4 is 0 Å². The van der Waals surface area contributed by atoms with Gasteiger partial charge in [0, 0.05) is 37.6 Å². The minimum Gasteiger partial charge on any atom is -0.369 e. The number of hydrogen-bond donors (Lipinski definition) is 0. The van der Waals surface area contributed by atoms with Crippen molar-refractivity contribution in [1.29, 1.82) is 0 Å². The molecule has 2 fully saturated rings. The van der Waals surface area contributed by atoms with E-state index < -0.39 is 0 Å². The van der Waals surface area contributed by atoms with E-state index in [2.05, 4.69) is 89.5 Å². The molecule has 2 heterocycles. The van der Waals surface area contributed by atoms with E-state index in [-0.39, 0.29) is 35.7 Å². The van der Waals surface area contributed by atoms with Gasteiger partial charge in [0.15, 0.2) is 0 Å². The maximum atomic E-state index is 12.9. The minimum absolute atomic E-state index is 0.144. The standard InChI is InChI=1S/C38H50N2O4/c1-29-35(43-27-32-16-10-6-11-17-32)36(44-28-33-18-12-7-13-19-33)34(42-26-31-14-8-5-9-15-31)25-40(29)24-30-20-22-39(23-21-30)37(41)38(2,3)4/h5-19,29-30,34-36H,20-28H2,1-4H3/t29-,34+,35-,36-/m1/s1. The number of amides is 1. The third-order valence-electron chi connectivity index (χ3n) is 9.07. The summed E-state index contributed by atoms with van der Waals surface area (Å²) in [6, 6.07) is 31.2. The summed E-state index contributed by atoms with van der Waals surface area (Å²) in [6.07, 6.45) is 1.49. The quantitative estimate of drug-likeness (QED) is 0.245. The van der Waals surface area contributed by atoms with E-state index in [9.17, 15) is 4.79 Å². The second kappa shape index (κ2) is 15.3. The summed E-state index contributed by atoms with van der Waals surface area (Å²) in [6.45, 7) is 13.3. The SMILES string of the molecule is C[C@@H]1[C@@H](OCc2ccccc2)[C@H](OCc2ccccc2)[C@@H](OCc2ccccc2)CN1CC1CCN(C(=O)C(C)(C)C)CC1. The number of ether oxygens (including phenoxy) is 3. The van der Waals surface area contributed by atoms with Crippen LogP contribution in [0.25, 0.3) is 0 Å². The van der Waals surface area contributed by atoms with Crippen molar-refractivity contribution in [2.24, 2.45) is 11.3 Å². The Bertz CT molecular complexity index is 1270. The van der Waals surface area contributed by atoms with E-state index >= 15 is 0 Å². The molecule has 4 atom stereocenters. The van der Waals surface area contributed by atoms with Crippen LogP contribution in [0.2, 0.25) is 0 Å². The molecule has 2 aliphatic rings. The first-order valence-corrected chi connectivity index (χ1v) is 16.3. The molecule has 2 saturated heterocycles.